The van der Waals surface area contributed by atoms with Crippen LogP contribution < -0.4 is 4.74 Å². The number of aliphatic imine (C=N–C) groups is 1. The molecule has 1 unspecified atom stereocenters. The van der Waals surface area contributed by atoms with E-state index in [9.17, 15) is 4.79 Å². The van der Waals surface area contributed by atoms with Crippen LogP contribution in [0.5, 0.6) is 5.75 Å². The van der Waals surface area contributed by atoms with Crippen molar-refractivity contribution in [1.82, 2.24) is 0 Å². The Morgan fingerprint density at radius 2 is 2.23 bits per heavy atom. The molecule has 0 amide bonds. The summed E-state index contributed by atoms with van der Waals surface area (Å²) in [5.41, 5.74) is 1.49. The van der Waals surface area contributed by atoms with Crippen LogP contribution in [0.15, 0.2) is 29.3 Å². The molecule has 2 rings (SSSR count). The van der Waals surface area contributed by atoms with Crippen LogP contribution >= 0.6 is 0 Å². The Morgan fingerprint density at radius 3 is 3.00 bits per heavy atom. The average molecular weight is 175 g/mol. The van der Waals surface area contributed by atoms with E-state index in [-0.39, 0.29) is 0 Å². The number of carbonyl (C=O) groups excluding carboxylic acids is 1. The van der Waals surface area contributed by atoms with Crippen LogP contribution in [0.2, 0.25) is 0 Å². The van der Waals surface area contributed by atoms with Crippen molar-refractivity contribution in [3.63, 3.8) is 0 Å². The van der Waals surface area contributed by atoms with Gasteiger partial charge in [-0.1, -0.05) is 12.1 Å². The lowest BCUT2D eigenvalue weighted by molar-refractivity contribution is -0.111. The van der Waals surface area contributed by atoms with E-state index < -0.39 is 6.10 Å². The second-order valence-electron chi connectivity index (χ2n) is 2.90. The molecule has 1 aliphatic heterocycles. The summed E-state index contributed by atoms with van der Waals surface area (Å²) in [5.74, 6) is 0.671. The number of fused-ring (bicyclic) bond motifs is 1. The van der Waals surface area contributed by atoms with Gasteiger partial charge in [-0.2, -0.15) is 0 Å². The van der Waals surface area contributed by atoms with Crippen LogP contribution in [-0.4, -0.2) is 18.1 Å². The first-order chi connectivity index (χ1) is 6.31. The van der Waals surface area contributed by atoms with Crippen molar-refractivity contribution in [3.8, 4) is 5.75 Å². The number of hydrogen-bond acceptors (Lipinski definition) is 3. The standard InChI is InChI=1S/C10H9NO2/c1-7-10(6-12)13-9-5-3-2-4-8(9)11-7/h2-6,10H,1H3. The zero-order valence-electron chi connectivity index (χ0n) is 7.23. The zero-order valence-corrected chi connectivity index (χ0v) is 7.23. The van der Waals surface area contributed by atoms with E-state index in [1.165, 1.54) is 0 Å². The highest BCUT2D eigenvalue weighted by Gasteiger charge is 2.19. The van der Waals surface area contributed by atoms with E-state index in [1.807, 2.05) is 24.3 Å². The largest absolute Gasteiger partial charge is 0.475 e. The van der Waals surface area contributed by atoms with Gasteiger partial charge in [-0.25, -0.2) is 4.99 Å². The summed E-state index contributed by atoms with van der Waals surface area (Å²) in [6, 6.07) is 7.42. The lowest BCUT2D eigenvalue weighted by Crippen LogP contribution is -2.28. The first-order valence-electron chi connectivity index (χ1n) is 4.07. The van der Waals surface area contributed by atoms with Gasteiger partial charge >= 0.3 is 0 Å². The fourth-order valence-electron chi connectivity index (χ4n) is 1.25. The van der Waals surface area contributed by atoms with Crippen molar-refractivity contribution < 1.29 is 9.53 Å². The Balaban J connectivity index is 2.46. The summed E-state index contributed by atoms with van der Waals surface area (Å²) in [5, 5.41) is 0. The molecule has 0 fully saturated rings. The summed E-state index contributed by atoms with van der Waals surface area (Å²) < 4.78 is 5.39. The number of rotatable bonds is 1. The lowest BCUT2D eigenvalue weighted by atomic mass is 10.2. The summed E-state index contributed by atoms with van der Waals surface area (Å²) in [6.07, 6.45) is 0.240. The number of hydrogen-bond donors (Lipinski definition) is 0. The molecular weight excluding hydrogens is 166 g/mol. The van der Waals surface area contributed by atoms with Crippen molar-refractivity contribution >= 4 is 17.7 Å². The molecular formula is C10H9NO2. The van der Waals surface area contributed by atoms with Gasteiger partial charge in [-0.3, -0.25) is 4.79 Å². The van der Waals surface area contributed by atoms with Gasteiger partial charge in [0.25, 0.3) is 0 Å². The first kappa shape index (κ1) is 7.98. The molecule has 13 heavy (non-hydrogen) atoms. The first-order valence-corrected chi connectivity index (χ1v) is 4.07. The smallest absolute Gasteiger partial charge is 0.191 e. The fourth-order valence-corrected chi connectivity index (χ4v) is 1.25. The topological polar surface area (TPSA) is 38.7 Å². The molecule has 3 nitrogen and oxygen atoms in total. The fraction of sp³-hybridized carbons (Fsp3) is 0.200. The number of ether oxygens (including phenoxy) is 1. The number of nitrogens with zero attached hydrogens (tertiary/aromatic N) is 1. The van der Waals surface area contributed by atoms with Gasteiger partial charge in [0.15, 0.2) is 12.4 Å². The van der Waals surface area contributed by atoms with Gasteiger partial charge in [-0.05, 0) is 19.1 Å². The number of benzene rings is 1. The summed E-state index contributed by atoms with van der Waals surface area (Å²) in [6.45, 7) is 1.79. The molecule has 1 atom stereocenters. The quantitative estimate of drug-likeness (QED) is 0.610. The van der Waals surface area contributed by atoms with Gasteiger partial charge in [0.2, 0.25) is 0 Å². The molecule has 0 saturated heterocycles. The van der Waals surface area contributed by atoms with Crippen LogP contribution in [0.1, 0.15) is 6.92 Å². The SMILES string of the molecule is CC1=Nc2ccccc2OC1C=O. The van der Waals surface area contributed by atoms with E-state index in [0.29, 0.717) is 11.5 Å². The second-order valence-corrected chi connectivity index (χ2v) is 2.90. The van der Waals surface area contributed by atoms with Crippen LogP contribution in [-0.2, 0) is 4.79 Å². The van der Waals surface area contributed by atoms with E-state index in [0.717, 1.165) is 12.0 Å². The molecule has 1 aromatic carbocycles. The molecule has 0 aromatic heterocycles. The van der Waals surface area contributed by atoms with Gasteiger partial charge in [-0.15, -0.1) is 0 Å². The van der Waals surface area contributed by atoms with E-state index in [1.54, 1.807) is 6.92 Å². The Morgan fingerprint density at radius 1 is 1.46 bits per heavy atom. The minimum atomic E-state index is -0.519. The lowest BCUT2D eigenvalue weighted by Gasteiger charge is -2.19. The van der Waals surface area contributed by atoms with Gasteiger partial charge in [0, 0.05) is 0 Å². The molecule has 0 radical (unpaired) electrons. The number of para-hydroxylation sites is 2. The maximum atomic E-state index is 10.6. The molecule has 1 aromatic rings. The summed E-state index contributed by atoms with van der Waals surface area (Å²) >= 11 is 0. The van der Waals surface area contributed by atoms with Crippen molar-refractivity contribution in [3.05, 3.63) is 24.3 Å². The highest BCUT2D eigenvalue weighted by molar-refractivity contribution is 6.01. The molecule has 3 heteroatoms. The molecule has 0 aliphatic carbocycles. The van der Waals surface area contributed by atoms with Crippen LogP contribution in [0.3, 0.4) is 0 Å². The predicted molar refractivity (Wildman–Crippen MR) is 49.7 cm³/mol. The maximum Gasteiger partial charge on any atom is 0.191 e. The van der Waals surface area contributed by atoms with Gasteiger partial charge in [0.1, 0.15) is 11.4 Å². The normalized spacial score (nSPS) is 19.8. The Hall–Kier alpha value is -1.64. The summed E-state index contributed by atoms with van der Waals surface area (Å²) in [7, 11) is 0. The van der Waals surface area contributed by atoms with Crippen molar-refractivity contribution in [2.45, 2.75) is 13.0 Å². The third-order valence-electron chi connectivity index (χ3n) is 1.95. The predicted octanol–water partition coefficient (Wildman–Crippen LogP) is 1.74. The van der Waals surface area contributed by atoms with Crippen LogP contribution in [0.25, 0.3) is 0 Å². The average Bonchev–Trinajstić information content (AvgIpc) is 2.17. The Bertz CT molecular complexity index is 371. The minimum absolute atomic E-state index is 0.519. The van der Waals surface area contributed by atoms with E-state index >= 15 is 0 Å². The molecule has 66 valence electrons. The Kier molecular flexibility index (Phi) is 1.85. The van der Waals surface area contributed by atoms with E-state index in [4.69, 9.17) is 4.74 Å². The summed E-state index contributed by atoms with van der Waals surface area (Å²) in [4.78, 5) is 14.8. The molecule has 1 aliphatic rings. The van der Waals surface area contributed by atoms with Gasteiger partial charge in [0.05, 0.1) is 5.71 Å². The third kappa shape index (κ3) is 1.33. The molecule has 0 bridgehead atoms. The van der Waals surface area contributed by atoms with Crippen molar-refractivity contribution in [1.29, 1.82) is 0 Å². The third-order valence-corrected chi connectivity index (χ3v) is 1.95. The Labute approximate surface area is 76.1 Å². The number of aldehydes is 1. The molecule has 0 saturated carbocycles. The monoisotopic (exact) mass is 175 g/mol. The molecule has 0 N–H and O–H groups in total. The maximum absolute atomic E-state index is 10.6. The van der Waals surface area contributed by atoms with Crippen LogP contribution in [0, 0.1) is 0 Å². The highest BCUT2D eigenvalue weighted by atomic mass is 16.5. The van der Waals surface area contributed by atoms with Crippen LogP contribution in [0.4, 0.5) is 5.69 Å². The second kappa shape index (κ2) is 3.01. The highest BCUT2D eigenvalue weighted by Crippen LogP contribution is 2.31. The van der Waals surface area contributed by atoms with Crippen molar-refractivity contribution in [2.75, 3.05) is 0 Å². The minimum Gasteiger partial charge on any atom is -0.475 e. The zero-order chi connectivity index (χ0) is 9.26. The number of carbonyl (C=O) groups is 1. The molecule has 0 spiro atoms. The molecule has 1 heterocycles. The van der Waals surface area contributed by atoms with Gasteiger partial charge < -0.3 is 4.74 Å². The van der Waals surface area contributed by atoms with E-state index in [2.05, 4.69) is 4.99 Å². The van der Waals surface area contributed by atoms with Crippen molar-refractivity contribution in [2.24, 2.45) is 4.99 Å².